The van der Waals surface area contributed by atoms with E-state index in [1.165, 1.54) is 6.07 Å². The van der Waals surface area contributed by atoms with Crippen LogP contribution in [0.1, 0.15) is 18.4 Å². The summed E-state index contributed by atoms with van der Waals surface area (Å²) in [6, 6.07) is 6.71. The van der Waals surface area contributed by atoms with Gasteiger partial charge in [0.15, 0.2) is 5.96 Å². The fraction of sp³-hybridized carbons (Fsp3) is 0.611. The topological polar surface area (TPSA) is 48.9 Å². The van der Waals surface area contributed by atoms with Gasteiger partial charge in [-0.25, -0.2) is 4.39 Å². The van der Waals surface area contributed by atoms with Crippen molar-refractivity contribution in [3.05, 3.63) is 35.6 Å². The molecule has 1 aliphatic heterocycles. The standard InChI is InChI=1S/C18H29FN4O/c1-20-17(21-10-7-15-5-4-6-16(19)13-15)22-14-18(23(2)3)8-11-24-12-9-18/h4-6,13H,7-12,14H2,1-3H3,(H2,20,21,22). The molecule has 1 saturated heterocycles. The van der Waals surface area contributed by atoms with E-state index in [1.54, 1.807) is 19.2 Å². The molecule has 0 radical (unpaired) electrons. The molecule has 1 fully saturated rings. The smallest absolute Gasteiger partial charge is 0.191 e. The van der Waals surface area contributed by atoms with E-state index >= 15 is 0 Å². The van der Waals surface area contributed by atoms with Crippen LogP contribution in [0.15, 0.2) is 29.3 Å². The Balaban J connectivity index is 1.81. The van der Waals surface area contributed by atoms with Crippen LogP contribution in [-0.2, 0) is 11.2 Å². The van der Waals surface area contributed by atoms with Gasteiger partial charge in [-0.05, 0) is 51.1 Å². The number of hydrogen-bond donors (Lipinski definition) is 2. The number of ether oxygens (including phenoxy) is 1. The molecule has 1 heterocycles. The second-order valence-corrected chi connectivity index (χ2v) is 6.46. The Labute approximate surface area is 144 Å². The SMILES string of the molecule is CN=C(NCCc1cccc(F)c1)NCC1(N(C)C)CCOCC1. The summed E-state index contributed by atoms with van der Waals surface area (Å²) in [6.07, 6.45) is 2.77. The maximum atomic E-state index is 13.2. The molecule has 5 nitrogen and oxygen atoms in total. The van der Waals surface area contributed by atoms with Gasteiger partial charge in [0, 0.05) is 38.9 Å². The Morgan fingerprint density at radius 2 is 2.04 bits per heavy atom. The first-order chi connectivity index (χ1) is 11.6. The Morgan fingerprint density at radius 1 is 1.29 bits per heavy atom. The van der Waals surface area contributed by atoms with Crippen LogP contribution in [0.3, 0.4) is 0 Å². The zero-order valence-corrected chi connectivity index (χ0v) is 14.9. The number of likely N-dealkylation sites (N-methyl/N-ethyl adjacent to an activating group) is 1. The van der Waals surface area contributed by atoms with Crippen LogP contribution in [0.4, 0.5) is 4.39 Å². The van der Waals surface area contributed by atoms with E-state index in [0.29, 0.717) is 6.54 Å². The summed E-state index contributed by atoms with van der Waals surface area (Å²) >= 11 is 0. The molecule has 0 amide bonds. The molecular formula is C18H29FN4O. The fourth-order valence-corrected chi connectivity index (χ4v) is 3.02. The van der Waals surface area contributed by atoms with Gasteiger partial charge >= 0.3 is 0 Å². The number of nitrogens with one attached hydrogen (secondary N) is 2. The predicted molar refractivity (Wildman–Crippen MR) is 95.9 cm³/mol. The average Bonchev–Trinajstić information content (AvgIpc) is 2.58. The zero-order valence-electron chi connectivity index (χ0n) is 14.9. The lowest BCUT2D eigenvalue weighted by atomic mass is 9.88. The van der Waals surface area contributed by atoms with Gasteiger partial charge in [-0.1, -0.05) is 12.1 Å². The van der Waals surface area contributed by atoms with Crippen LogP contribution >= 0.6 is 0 Å². The number of guanidine groups is 1. The van der Waals surface area contributed by atoms with Gasteiger partial charge in [0.05, 0.1) is 0 Å². The third kappa shape index (κ3) is 5.18. The highest BCUT2D eigenvalue weighted by molar-refractivity contribution is 5.79. The van der Waals surface area contributed by atoms with E-state index in [1.807, 2.05) is 6.07 Å². The zero-order chi connectivity index (χ0) is 17.4. The lowest BCUT2D eigenvalue weighted by molar-refractivity contribution is -0.00501. The van der Waals surface area contributed by atoms with Gasteiger partial charge in [0.1, 0.15) is 5.82 Å². The number of hydrogen-bond acceptors (Lipinski definition) is 3. The van der Waals surface area contributed by atoms with Crippen LogP contribution in [0.25, 0.3) is 0 Å². The molecule has 1 aliphatic rings. The molecule has 0 bridgehead atoms. The van der Waals surface area contributed by atoms with Gasteiger partial charge in [-0.2, -0.15) is 0 Å². The van der Waals surface area contributed by atoms with E-state index in [9.17, 15) is 4.39 Å². The third-order valence-electron chi connectivity index (χ3n) is 4.78. The minimum atomic E-state index is -0.192. The summed E-state index contributed by atoms with van der Waals surface area (Å²) in [4.78, 5) is 6.56. The van der Waals surface area contributed by atoms with E-state index in [0.717, 1.165) is 50.5 Å². The van der Waals surface area contributed by atoms with Gasteiger partial charge < -0.3 is 20.3 Å². The van der Waals surface area contributed by atoms with Crippen LogP contribution < -0.4 is 10.6 Å². The highest BCUT2D eigenvalue weighted by Gasteiger charge is 2.34. The minimum absolute atomic E-state index is 0.0957. The molecule has 0 spiro atoms. The van der Waals surface area contributed by atoms with E-state index in [4.69, 9.17) is 4.74 Å². The first-order valence-corrected chi connectivity index (χ1v) is 8.50. The molecule has 0 unspecified atom stereocenters. The van der Waals surface area contributed by atoms with E-state index < -0.39 is 0 Å². The number of halogens is 1. The summed E-state index contributed by atoms with van der Waals surface area (Å²) in [5.41, 5.74) is 1.07. The quantitative estimate of drug-likeness (QED) is 0.613. The van der Waals surface area contributed by atoms with Crippen LogP contribution in [0.5, 0.6) is 0 Å². The molecule has 24 heavy (non-hydrogen) atoms. The Bertz CT molecular complexity index is 542. The van der Waals surface area contributed by atoms with Crippen LogP contribution in [0, 0.1) is 5.82 Å². The lowest BCUT2D eigenvalue weighted by Gasteiger charge is -2.43. The predicted octanol–water partition coefficient (Wildman–Crippen LogP) is 1.64. The number of aliphatic imine (C=N–C) groups is 1. The highest BCUT2D eigenvalue weighted by atomic mass is 19.1. The fourth-order valence-electron chi connectivity index (χ4n) is 3.02. The van der Waals surface area contributed by atoms with Crippen molar-refractivity contribution in [1.82, 2.24) is 15.5 Å². The van der Waals surface area contributed by atoms with Gasteiger partial charge in [-0.3, -0.25) is 4.99 Å². The van der Waals surface area contributed by atoms with E-state index in [-0.39, 0.29) is 11.4 Å². The molecule has 1 aromatic carbocycles. The lowest BCUT2D eigenvalue weighted by Crippen LogP contribution is -2.57. The second kappa shape index (κ2) is 8.99. The molecule has 0 atom stereocenters. The van der Waals surface area contributed by atoms with Gasteiger partial charge in [0.2, 0.25) is 0 Å². The van der Waals surface area contributed by atoms with Crippen molar-refractivity contribution >= 4 is 5.96 Å². The first kappa shape index (κ1) is 18.7. The molecule has 134 valence electrons. The third-order valence-corrected chi connectivity index (χ3v) is 4.78. The van der Waals surface area contributed by atoms with Gasteiger partial charge in [-0.15, -0.1) is 0 Å². The molecule has 0 saturated carbocycles. The molecule has 2 rings (SSSR count). The molecule has 0 aliphatic carbocycles. The van der Waals surface area contributed by atoms with Crippen molar-refractivity contribution < 1.29 is 9.13 Å². The number of nitrogens with zero attached hydrogens (tertiary/aromatic N) is 2. The summed E-state index contributed by atoms with van der Waals surface area (Å²) in [5.74, 6) is 0.585. The molecule has 6 heteroatoms. The van der Waals surface area contributed by atoms with Crippen LogP contribution in [0.2, 0.25) is 0 Å². The largest absolute Gasteiger partial charge is 0.381 e. The second-order valence-electron chi connectivity index (χ2n) is 6.46. The summed E-state index contributed by atoms with van der Waals surface area (Å²) < 4.78 is 18.7. The normalized spacial score (nSPS) is 17.8. The monoisotopic (exact) mass is 336 g/mol. The summed E-state index contributed by atoms with van der Waals surface area (Å²) in [5, 5.41) is 6.73. The van der Waals surface area contributed by atoms with Gasteiger partial charge in [0.25, 0.3) is 0 Å². The minimum Gasteiger partial charge on any atom is -0.381 e. The van der Waals surface area contributed by atoms with Crippen molar-refractivity contribution in [3.63, 3.8) is 0 Å². The van der Waals surface area contributed by atoms with Crippen LogP contribution in [-0.4, -0.2) is 63.8 Å². The van der Waals surface area contributed by atoms with Crippen molar-refractivity contribution in [2.24, 2.45) is 4.99 Å². The molecular weight excluding hydrogens is 307 g/mol. The maximum Gasteiger partial charge on any atom is 0.191 e. The number of rotatable bonds is 6. The highest BCUT2D eigenvalue weighted by Crippen LogP contribution is 2.24. The Hall–Kier alpha value is -1.66. The van der Waals surface area contributed by atoms with Crippen molar-refractivity contribution in [2.75, 3.05) is 47.4 Å². The van der Waals surface area contributed by atoms with Crippen molar-refractivity contribution in [1.29, 1.82) is 0 Å². The maximum absolute atomic E-state index is 13.2. The van der Waals surface area contributed by atoms with Crippen molar-refractivity contribution in [2.45, 2.75) is 24.8 Å². The Kier molecular flexibility index (Phi) is 6.99. The molecule has 0 aromatic heterocycles. The Morgan fingerprint density at radius 3 is 2.67 bits per heavy atom. The van der Waals surface area contributed by atoms with E-state index in [2.05, 4.69) is 34.6 Å². The summed E-state index contributed by atoms with van der Waals surface area (Å²) in [7, 11) is 6.00. The average molecular weight is 336 g/mol. The molecule has 2 N–H and O–H groups in total. The first-order valence-electron chi connectivity index (χ1n) is 8.50. The van der Waals surface area contributed by atoms with Crippen molar-refractivity contribution in [3.8, 4) is 0 Å². The molecule has 1 aromatic rings. The number of benzene rings is 1. The summed E-state index contributed by atoms with van der Waals surface area (Å²) in [6.45, 7) is 3.13.